The Labute approximate surface area is 124 Å². The molecule has 0 aromatic rings. The molecule has 7 heteroatoms. The van der Waals surface area contributed by atoms with E-state index >= 15 is 0 Å². The Balaban J connectivity index is 2.13. The lowest BCUT2D eigenvalue weighted by Gasteiger charge is -2.45. The summed E-state index contributed by atoms with van der Waals surface area (Å²) in [5.74, 6) is -0.453. The number of amides is 2. The maximum atomic E-state index is 11.9. The molecule has 0 aliphatic carbocycles. The van der Waals surface area contributed by atoms with E-state index in [0.29, 0.717) is 25.8 Å². The zero-order valence-corrected chi connectivity index (χ0v) is 12.3. The van der Waals surface area contributed by atoms with Gasteiger partial charge >= 0.3 is 0 Å². The van der Waals surface area contributed by atoms with E-state index in [9.17, 15) is 24.9 Å². The number of piperidine rings is 2. The number of hydrogen-bond acceptors (Lipinski definition) is 6. The zero-order valence-electron chi connectivity index (χ0n) is 12.3. The molecule has 2 saturated heterocycles. The van der Waals surface area contributed by atoms with Crippen LogP contribution in [0, 0.1) is 0 Å². The van der Waals surface area contributed by atoms with Gasteiger partial charge in [-0.1, -0.05) is 6.92 Å². The van der Waals surface area contributed by atoms with E-state index < -0.39 is 24.4 Å². The van der Waals surface area contributed by atoms with Crippen LogP contribution in [-0.4, -0.2) is 80.9 Å². The summed E-state index contributed by atoms with van der Waals surface area (Å²) in [6, 6.07) is -0.533. The lowest BCUT2D eigenvalue weighted by Crippen LogP contribution is -2.65. The molecule has 7 nitrogen and oxygen atoms in total. The van der Waals surface area contributed by atoms with Crippen molar-refractivity contribution in [2.75, 3.05) is 19.6 Å². The van der Waals surface area contributed by atoms with Gasteiger partial charge in [0.25, 0.3) is 0 Å². The molecule has 2 amide bonds. The second-order valence-electron chi connectivity index (χ2n) is 5.86. The molecule has 2 rings (SSSR count). The number of carbonyl (C=O) groups excluding carboxylic acids is 2. The maximum absolute atomic E-state index is 11.9. The molecule has 120 valence electrons. The lowest BCUT2D eigenvalue weighted by atomic mass is 9.92. The molecule has 0 unspecified atom stereocenters. The molecule has 2 aliphatic heterocycles. The Morgan fingerprint density at radius 3 is 2.29 bits per heavy atom. The Morgan fingerprint density at radius 2 is 1.71 bits per heavy atom. The first kappa shape index (κ1) is 16.4. The van der Waals surface area contributed by atoms with Gasteiger partial charge in [-0.2, -0.15) is 0 Å². The highest BCUT2D eigenvalue weighted by Gasteiger charge is 2.43. The average molecular weight is 300 g/mol. The topological polar surface area (TPSA) is 101 Å². The summed E-state index contributed by atoms with van der Waals surface area (Å²) in [6.45, 7) is 2.90. The standard InChI is InChI=1S/C14H24N2O5/c1-2-6-15-8-10(17)14(21)13(20)9(15)7-16-11(18)4-3-5-12(16)19/h9-10,13-14,17,20-21H,2-8H2,1H3/t9-,10+,13-,14+/m1/s1. The largest absolute Gasteiger partial charge is 0.389 e. The van der Waals surface area contributed by atoms with Crippen molar-refractivity contribution in [3.8, 4) is 0 Å². The minimum absolute atomic E-state index is 0.0720. The minimum Gasteiger partial charge on any atom is -0.389 e. The van der Waals surface area contributed by atoms with Gasteiger partial charge in [0.15, 0.2) is 0 Å². The Hall–Kier alpha value is -1.02. The van der Waals surface area contributed by atoms with Gasteiger partial charge in [0.1, 0.15) is 6.10 Å². The molecule has 21 heavy (non-hydrogen) atoms. The summed E-state index contributed by atoms with van der Waals surface area (Å²) in [7, 11) is 0. The van der Waals surface area contributed by atoms with Crippen LogP contribution in [0.4, 0.5) is 0 Å². The molecule has 0 aromatic carbocycles. The van der Waals surface area contributed by atoms with E-state index in [1.807, 2.05) is 11.8 Å². The summed E-state index contributed by atoms with van der Waals surface area (Å²) in [4.78, 5) is 26.8. The van der Waals surface area contributed by atoms with Crippen LogP contribution in [0.2, 0.25) is 0 Å². The molecular formula is C14H24N2O5. The predicted molar refractivity (Wildman–Crippen MR) is 74.2 cm³/mol. The van der Waals surface area contributed by atoms with Crippen LogP contribution in [0.25, 0.3) is 0 Å². The summed E-state index contributed by atoms with van der Waals surface area (Å²) in [5, 5.41) is 29.8. The number of nitrogens with zero attached hydrogens (tertiary/aromatic N) is 2. The molecule has 4 atom stereocenters. The molecule has 3 N–H and O–H groups in total. The fourth-order valence-corrected chi connectivity index (χ4v) is 3.11. The highest BCUT2D eigenvalue weighted by molar-refractivity contribution is 5.97. The summed E-state index contributed by atoms with van der Waals surface area (Å²) >= 11 is 0. The van der Waals surface area contributed by atoms with Gasteiger partial charge < -0.3 is 15.3 Å². The van der Waals surface area contributed by atoms with E-state index in [1.54, 1.807) is 0 Å². The van der Waals surface area contributed by atoms with Gasteiger partial charge in [-0.3, -0.25) is 19.4 Å². The van der Waals surface area contributed by atoms with Crippen molar-refractivity contribution in [3.63, 3.8) is 0 Å². The molecule has 0 spiro atoms. The third kappa shape index (κ3) is 3.42. The number of β-amino-alcohol motifs (C(OH)–C–C–N with tert-alkyl or cyclic N) is 1. The quantitative estimate of drug-likeness (QED) is 0.558. The van der Waals surface area contributed by atoms with E-state index in [-0.39, 0.29) is 24.9 Å². The fourth-order valence-electron chi connectivity index (χ4n) is 3.11. The van der Waals surface area contributed by atoms with Crippen molar-refractivity contribution < 1.29 is 24.9 Å². The number of carbonyl (C=O) groups is 2. The lowest BCUT2D eigenvalue weighted by molar-refractivity contribution is -0.158. The first-order chi connectivity index (χ1) is 9.95. The number of aliphatic hydroxyl groups excluding tert-OH is 3. The molecule has 2 fully saturated rings. The number of aliphatic hydroxyl groups is 3. The minimum atomic E-state index is -1.25. The molecular weight excluding hydrogens is 276 g/mol. The van der Waals surface area contributed by atoms with Crippen molar-refractivity contribution in [1.82, 2.24) is 9.80 Å². The van der Waals surface area contributed by atoms with Gasteiger partial charge in [-0.15, -0.1) is 0 Å². The fraction of sp³-hybridized carbons (Fsp3) is 0.857. The van der Waals surface area contributed by atoms with Crippen molar-refractivity contribution in [1.29, 1.82) is 0 Å². The SMILES string of the molecule is CCCN1C[C@H](O)[C@H](O)[C@H](O)[C@H]1CN1C(=O)CCCC1=O. The first-order valence-corrected chi connectivity index (χ1v) is 7.57. The number of imide groups is 1. The van der Waals surface area contributed by atoms with Crippen LogP contribution in [0.15, 0.2) is 0 Å². The summed E-state index contributed by atoms with van der Waals surface area (Å²) < 4.78 is 0. The van der Waals surface area contributed by atoms with Crippen LogP contribution in [0.1, 0.15) is 32.6 Å². The number of hydrogen-bond donors (Lipinski definition) is 3. The molecule has 2 aliphatic rings. The van der Waals surface area contributed by atoms with Crippen LogP contribution in [0.5, 0.6) is 0 Å². The highest BCUT2D eigenvalue weighted by Crippen LogP contribution is 2.22. The van der Waals surface area contributed by atoms with Crippen molar-refractivity contribution >= 4 is 11.8 Å². The van der Waals surface area contributed by atoms with Crippen LogP contribution in [-0.2, 0) is 9.59 Å². The molecule has 0 saturated carbocycles. The van der Waals surface area contributed by atoms with Crippen molar-refractivity contribution in [3.05, 3.63) is 0 Å². The van der Waals surface area contributed by atoms with E-state index in [2.05, 4.69) is 0 Å². The van der Waals surface area contributed by atoms with Gasteiger partial charge in [0.05, 0.1) is 18.2 Å². The van der Waals surface area contributed by atoms with Crippen molar-refractivity contribution in [2.45, 2.75) is 57.0 Å². The third-order valence-electron chi connectivity index (χ3n) is 4.29. The molecule has 0 radical (unpaired) electrons. The van der Waals surface area contributed by atoms with Crippen LogP contribution < -0.4 is 0 Å². The van der Waals surface area contributed by atoms with Gasteiger partial charge in [0, 0.05) is 25.9 Å². The third-order valence-corrected chi connectivity index (χ3v) is 4.29. The molecule has 0 bridgehead atoms. The first-order valence-electron chi connectivity index (χ1n) is 7.57. The van der Waals surface area contributed by atoms with Crippen molar-refractivity contribution in [2.24, 2.45) is 0 Å². The van der Waals surface area contributed by atoms with Gasteiger partial charge in [-0.05, 0) is 19.4 Å². The maximum Gasteiger partial charge on any atom is 0.229 e. The Bertz CT molecular complexity index is 387. The van der Waals surface area contributed by atoms with Crippen LogP contribution in [0.3, 0.4) is 0 Å². The van der Waals surface area contributed by atoms with E-state index in [0.717, 1.165) is 6.42 Å². The number of likely N-dealkylation sites (tertiary alicyclic amines) is 2. The second-order valence-corrected chi connectivity index (χ2v) is 5.86. The van der Waals surface area contributed by atoms with Crippen LogP contribution >= 0.6 is 0 Å². The molecule has 2 heterocycles. The van der Waals surface area contributed by atoms with Gasteiger partial charge in [0.2, 0.25) is 11.8 Å². The average Bonchev–Trinajstić information content (AvgIpc) is 2.44. The monoisotopic (exact) mass is 300 g/mol. The Kier molecular flexibility index (Phi) is 5.32. The van der Waals surface area contributed by atoms with E-state index in [1.165, 1.54) is 4.90 Å². The highest BCUT2D eigenvalue weighted by atomic mass is 16.4. The van der Waals surface area contributed by atoms with E-state index in [4.69, 9.17) is 0 Å². The van der Waals surface area contributed by atoms with Gasteiger partial charge in [-0.25, -0.2) is 0 Å². The smallest absolute Gasteiger partial charge is 0.229 e. The second kappa shape index (κ2) is 6.83. The predicted octanol–water partition coefficient (Wildman–Crippen LogP) is -1.30. The summed E-state index contributed by atoms with van der Waals surface area (Å²) in [5.41, 5.74) is 0. The number of rotatable bonds is 4. The summed E-state index contributed by atoms with van der Waals surface area (Å²) in [6.07, 6.45) is -1.38. The molecule has 0 aromatic heterocycles. The normalized spacial score (nSPS) is 35.3. The zero-order chi connectivity index (χ0) is 15.6. The Morgan fingerprint density at radius 1 is 1.10 bits per heavy atom.